The van der Waals surface area contributed by atoms with Crippen LogP contribution in [0.5, 0.6) is 0 Å². The molecule has 2 heterocycles. The molecule has 2 aromatic carbocycles. The molecule has 1 aliphatic rings. The van der Waals surface area contributed by atoms with Crippen molar-refractivity contribution in [3.63, 3.8) is 0 Å². The number of hydrogen-bond acceptors (Lipinski definition) is 5. The Labute approximate surface area is 172 Å². The minimum Gasteiger partial charge on any atom is -0.393 e. The highest BCUT2D eigenvalue weighted by Gasteiger charge is 2.26. The van der Waals surface area contributed by atoms with E-state index < -0.39 is 0 Å². The first kappa shape index (κ1) is 18.5. The fourth-order valence-corrected chi connectivity index (χ4v) is 4.99. The number of anilines is 1. The van der Waals surface area contributed by atoms with Crippen LogP contribution >= 0.6 is 11.3 Å². The first-order chi connectivity index (χ1) is 14.2. The maximum atomic E-state index is 13.5. The van der Waals surface area contributed by atoms with Crippen molar-refractivity contribution in [3.8, 4) is 0 Å². The van der Waals surface area contributed by atoms with Crippen molar-refractivity contribution in [2.75, 3.05) is 4.90 Å². The second kappa shape index (κ2) is 7.69. The zero-order chi connectivity index (χ0) is 19.8. The van der Waals surface area contributed by atoms with Crippen LogP contribution in [-0.4, -0.2) is 27.2 Å². The third-order valence-corrected chi connectivity index (χ3v) is 6.54. The third-order valence-electron chi connectivity index (χ3n) is 5.75. The van der Waals surface area contributed by atoms with Crippen molar-refractivity contribution in [1.29, 1.82) is 0 Å². The maximum absolute atomic E-state index is 13.5. The molecule has 0 aliphatic heterocycles. The standard InChI is InChI=1S/C23H22FN3OS/c24-16-5-8-21-15(10-16)4-6-17(26-21)13-27(18-2-1-3-20(28)11-18)19-7-9-22-23(12-19)29-14-25-22/h4-10,12,14,18,20,28H,1-3,11,13H2. The van der Waals surface area contributed by atoms with E-state index in [2.05, 4.69) is 28.1 Å². The van der Waals surface area contributed by atoms with E-state index in [0.717, 1.165) is 58.2 Å². The summed E-state index contributed by atoms with van der Waals surface area (Å²) in [5, 5.41) is 11.1. The summed E-state index contributed by atoms with van der Waals surface area (Å²) < 4.78 is 14.6. The van der Waals surface area contributed by atoms with Crippen molar-refractivity contribution < 1.29 is 9.50 Å². The molecular weight excluding hydrogens is 385 g/mol. The lowest BCUT2D eigenvalue weighted by Crippen LogP contribution is -2.40. The van der Waals surface area contributed by atoms with Crippen LogP contribution in [0.2, 0.25) is 0 Å². The van der Waals surface area contributed by atoms with Crippen LogP contribution in [0.4, 0.5) is 10.1 Å². The van der Waals surface area contributed by atoms with Crippen molar-refractivity contribution in [2.24, 2.45) is 0 Å². The molecule has 2 unspecified atom stereocenters. The molecule has 0 saturated heterocycles. The molecule has 1 fully saturated rings. The fraction of sp³-hybridized carbons (Fsp3) is 0.304. The molecule has 2 atom stereocenters. The number of aromatic nitrogens is 2. The number of nitrogens with zero attached hydrogens (tertiary/aromatic N) is 3. The van der Waals surface area contributed by atoms with E-state index in [9.17, 15) is 9.50 Å². The maximum Gasteiger partial charge on any atom is 0.123 e. The number of hydrogen-bond donors (Lipinski definition) is 1. The van der Waals surface area contributed by atoms with E-state index in [1.54, 1.807) is 17.4 Å². The van der Waals surface area contributed by atoms with Crippen LogP contribution in [0.15, 0.2) is 54.0 Å². The van der Waals surface area contributed by atoms with Gasteiger partial charge in [-0.3, -0.25) is 4.98 Å². The molecule has 1 saturated carbocycles. The summed E-state index contributed by atoms with van der Waals surface area (Å²) in [5.74, 6) is -0.247. The number of benzene rings is 2. The number of fused-ring (bicyclic) bond motifs is 2. The average Bonchev–Trinajstić information content (AvgIpc) is 3.20. The Kier molecular flexibility index (Phi) is 4.89. The van der Waals surface area contributed by atoms with Gasteiger partial charge in [-0.25, -0.2) is 9.37 Å². The van der Waals surface area contributed by atoms with Gasteiger partial charge in [0.25, 0.3) is 0 Å². The van der Waals surface area contributed by atoms with E-state index in [4.69, 9.17) is 4.98 Å². The van der Waals surface area contributed by atoms with Crippen LogP contribution in [0.25, 0.3) is 21.1 Å². The van der Waals surface area contributed by atoms with Gasteiger partial charge in [0.1, 0.15) is 5.82 Å². The Bertz CT molecular complexity index is 1160. The quantitative estimate of drug-likeness (QED) is 0.499. The van der Waals surface area contributed by atoms with Crippen molar-refractivity contribution in [1.82, 2.24) is 9.97 Å². The minimum absolute atomic E-state index is 0.247. The fourth-order valence-electron chi connectivity index (χ4n) is 4.28. The largest absolute Gasteiger partial charge is 0.393 e. The molecule has 29 heavy (non-hydrogen) atoms. The second-order valence-electron chi connectivity index (χ2n) is 7.75. The third kappa shape index (κ3) is 3.82. The van der Waals surface area contributed by atoms with Crippen LogP contribution in [-0.2, 0) is 6.54 Å². The van der Waals surface area contributed by atoms with Gasteiger partial charge in [0.15, 0.2) is 0 Å². The zero-order valence-electron chi connectivity index (χ0n) is 16.0. The molecular formula is C23H22FN3OS. The van der Waals surface area contributed by atoms with Crippen LogP contribution in [0.1, 0.15) is 31.4 Å². The Morgan fingerprint density at radius 1 is 1.07 bits per heavy atom. The van der Waals surface area contributed by atoms with E-state index >= 15 is 0 Å². The Morgan fingerprint density at radius 2 is 1.97 bits per heavy atom. The number of halogens is 1. The highest BCUT2D eigenvalue weighted by molar-refractivity contribution is 7.16. The summed E-state index contributed by atoms with van der Waals surface area (Å²) in [4.78, 5) is 11.5. The predicted molar refractivity (Wildman–Crippen MR) is 116 cm³/mol. The topological polar surface area (TPSA) is 49.2 Å². The summed E-state index contributed by atoms with van der Waals surface area (Å²) >= 11 is 1.64. The van der Waals surface area contributed by atoms with Gasteiger partial charge in [-0.05, 0) is 68.1 Å². The molecule has 0 amide bonds. The van der Waals surface area contributed by atoms with Gasteiger partial charge in [0.2, 0.25) is 0 Å². The van der Waals surface area contributed by atoms with E-state index in [0.29, 0.717) is 6.54 Å². The summed E-state index contributed by atoms with van der Waals surface area (Å²) in [5.41, 5.74) is 5.74. The summed E-state index contributed by atoms with van der Waals surface area (Å²) in [6, 6.07) is 15.2. The number of thiazole rings is 1. The molecule has 1 N–H and O–H groups in total. The van der Waals surface area contributed by atoms with Crippen LogP contribution in [0, 0.1) is 5.82 Å². The first-order valence-electron chi connectivity index (χ1n) is 9.99. The highest BCUT2D eigenvalue weighted by Crippen LogP contribution is 2.32. The van der Waals surface area contributed by atoms with E-state index in [-0.39, 0.29) is 18.0 Å². The lowest BCUT2D eigenvalue weighted by atomic mass is 9.91. The Hall–Kier alpha value is -2.57. The molecule has 0 spiro atoms. The van der Waals surface area contributed by atoms with Gasteiger partial charge in [-0.15, -0.1) is 11.3 Å². The molecule has 148 valence electrons. The Balaban J connectivity index is 1.51. The summed E-state index contributed by atoms with van der Waals surface area (Å²) in [6.07, 6.45) is 3.46. The van der Waals surface area contributed by atoms with E-state index in [1.807, 2.05) is 17.6 Å². The van der Waals surface area contributed by atoms with Gasteiger partial charge in [0.05, 0.1) is 39.6 Å². The molecule has 4 nitrogen and oxygen atoms in total. The highest BCUT2D eigenvalue weighted by atomic mass is 32.1. The van der Waals surface area contributed by atoms with Crippen LogP contribution in [0.3, 0.4) is 0 Å². The minimum atomic E-state index is -0.254. The predicted octanol–water partition coefficient (Wildman–Crippen LogP) is 5.29. The molecule has 0 radical (unpaired) electrons. The molecule has 5 rings (SSSR count). The summed E-state index contributed by atoms with van der Waals surface area (Å²) in [6.45, 7) is 0.648. The van der Waals surface area contributed by atoms with Crippen molar-refractivity contribution in [3.05, 3.63) is 65.6 Å². The molecule has 1 aliphatic carbocycles. The second-order valence-corrected chi connectivity index (χ2v) is 8.63. The van der Waals surface area contributed by atoms with Gasteiger partial charge < -0.3 is 10.0 Å². The number of rotatable bonds is 4. The first-order valence-corrected chi connectivity index (χ1v) is 10.9. The van der Waals surface area contributed by atoms with Gasteiger partial charge >= 0.3 is 0 Å². The number of pyridine rings is 1. The lowest BCUT2D eigenvalue weighted by Gasteiger charge is -2.37. The number of aliphatic hydroxyl groups excluding tert-OH is 1. The molecule has 4 aromatic rings. The van der Waals surface area contributed by atoms with E-state index in [1.165, 1.54) is 12.1 Å². The van der Waals surface area contributed by atoms with Crippen molar-refractivity contribution >= 4 is 38.1 Å². The van der Waals surface area contributed by atoms with Crippen LogP contribution < -0.4 is 4.90 Å². The summed E-state index contributed by atoms with van der Waals surface area (Å²) in [7, 11) is 0. The average molecular weight is 408 g/mol. The number of aliphatic hydroxyl groups is 1. The molecule has 6 heteroatoms. The molecule has 2 aromatic heterocycles. The SMILES string of the molecule is OC1CCCC(N(Cc2ccc3cc(F)ccc3n2)c2ccc3ncsc3c2)C1. The Morgan fingerprint density at radius 3 is 2.86 bits per heavy atom. The molecule has 0 bridgehead atoms. The monoisotopic (exact) mass is 407 g/mol. The smallest absolute Gasteiger partial charge is 0.123 e. The van der Waals surface area contributed by atoms with Gasteiger partial charge in [0, 0.05) is 17.1 Å². The zero-order valence-corrected chi connectivity index (χ0v) is 16.8. The van der Waals surface area contributed by atoms with Gasteiger partial charge in [-0.1, -0.05) is 6.07 Å². The normalized spacial score (nSPS) is 19.7. The van der Waals surface area contributed by atoms with Crippen molar-refractivity contribution in [2.45, 2.75) is 44.4 Å². The van der Waals surface area contributed by atoms with Gasteiger partial charge in [-0.2, -0.15) is 0 Å². The lowest BCUT2D eigenvalue weighted by molar-refractivity contribution is 0.118.